The summed E-state index contributed by atoms with van der Waals surface area (Å²) in [5.41, 5.74) is 0. The molecule has 1 saturated carbocycles. The first-order valence-corrected chi connectivity index (χ1v) is 9.01. The van der Waals surface area contributed by atoms with Gasteiger partial charge in [-0.05, 0) is 25.2 Å². The van der Waals surface area contributed by atoms with Gasteiger partial charge in [-0.2, -0.15) is 0 Å². The molecule has 0 aromatic carbocycles. The Morgan fingerprint density at radius 3 is 2.53 bits per heavy atom. The summed E-state index contributed by atoms with van der Waals surface area (Å²) in [5.74, 6) is 2.37. The van der Waals surface area contributed by atoms with Crippen LogP contribution in [-0.2, 0) is 0 Å². The molecule has 1 unspecified atom stereocenters. The topological polar surface area (TPSA) is 0 Å². The molecule has 0 aromatic heterocycles. The van der Waals surface area contributed by atoms with Gasteiger partial charge in [-0.3, -0.25) is 0 Å². The predicted octanol–water partition coefficient (Wildman–Crippen LogP) is 5.53. The highest BCUT2D eigenvalue weighted by Crippen LogP contribution is 2.37. The van der Waals surface area contributed by atoms with Gasteiger partial charge < -0.3 is 0 Å². The summed E-state index contributed by atoms with van der Waals surface area (Å²) in [4.78, 5) is 0. The lowest BCUT2D eigenvalue weighted by Gasteiger charge is -2.26. The Kier molecular flexibility index (Phi) is 8.08. The van der Waals surface area contributed by atoms with Gasteiger partial charge in [0.25, 0.3) is 0 Å². The molecular weight excluding hydrogens is 220 g/mol. The molecule has 0 spiro atoms. The molecule has 0 saturated heterocycles. The standard InChI is InChI=1S/C13H26S2/c1-3-4-8-11-14-15-12(2)13-9-6-5-7-10-13/h12-13H,3-11H2,1-2H3. The molecule has 0 N–H and O–H groups in total. The minimum Gasteiger partial charge on any atom is -0.0939 e. The third-order valence-corrected chi connectivity index (χ3v) is 6.46. The molecule has 0 nitrogen and oxygen atoms in total. The lowest BCUT2D eigenvalue weighted by Crippen LogP contribution is -2.16. The normalized spacial score (nSPS) is 20.4. The largest absolute Gasteiger partial charge is 0.0939 e. The highest BCUT2D eigenvalue weighted by atomic mass is 33.1. The zero-order chi connectivity index (χ0) is 10.9. The maximum atomic E-state index is 2.44. The fourth-order valence-corrected chi connectivity index (χ4v) is 5.07. The van der Waals surface area contributed by atoms with E-state index in [1.165, 1.54) is 57.1 Å². The third kappa shape index (κ3) is 6.11. The summed E-state index contributed by atoms with van der Waals surface area (Å²) in [6, 6.07) is 0. The van der Waals surface area contributed by atoms with Crippen molar-refractivity contribution in [1.29, 1.82) is 0 Å². The van der Waals surface area contributed by atoms with E-state index in [-0.39, 0.29) is 0 Å². The van der Waals surface area contributed by atoms with Crippen molar-refractivity contribution in [2.75, 3.05) is 5.75 Å². The van der Waals surface area contributed by atoms with Crippen LogP contribution in [0.4, 0.5) is 0 Å². The first-order valence-electron chi connectivity index (χ1n) is 6.63. The minimum absolute atomic E-state index is 0.886. The van der Waals surface area contributed by atoms with Gasteiger partial charge in [0, 0.05) is 11.0 Å². The van der Waals surface area contributed by atoms with Gasteiger partial charge in [-0.15, -0.1) is 0 Å². The SMILES string of the molecule is CCCCCSSC(C)C1CCCCC1. The second-order valence-corrected chi connectivity index (χ2v) is 7.59. The van der Waals surface area contributed by atoms with E-state index in [9.17, 15) is 0 Å². The van der Waals surface area contributed by atoms with E-state index in [2.05, 4.69) is 35.4 Å². The first-order chi connectivity index (χ1) is 7.34. The van der Waals surface area contributed by atoms with Crippen LogP contribution < -0.4 is 0 Å². The molecule has 1 fully saturated rings. The van der Waals surface area contributed by atoms with Crippen LogP contribution in [0.1, 0.15) is 65.2 Å². The third-order valence-electron chi connectivity index (χ3n) is 3.36. The lowest BCUT2D eigenvalue weighted by atomic mass is 9.87. The Balaban J connectivity index is 1.99. The molecule has 0 heterocycles. The quantitative estimate of drug-likeness (QED) is 0.428. The zero-order valence-corrected chi connectivity index (χ0v) is 12.0. The van der Waals surface area contributed by atoms with Crippen molar-refractivity contribution >= 4 is 21.6 Å². The van der Waals surface area contributed by atoms with Crippen LogP contribution in [0.5, 0.6) is 0 Å². The van der Waals surface area contributed by atoms with E-state index in [0.29, 0.717) is 0 Å². The van der Waals surface area contributed by atoms with Crippen LogP contribution >= 0.6 is 21.6 Å². The summed E-state index contributed by atoms with van der Waals surface area (Å²) >= 11 is 0. The summed E-state index contributed by atoms with van der Waals surface area (Å²) in [7, 11) is 4.26. The molecule has 1 rings (SSSR count). The molecule has 0 aliphatic heterocycles. The van der Waals surface area contributed by atoms with E-state index >= 15 is 0 Å². The van der Waals surface area contributed by atoms with Gasteiger partial charge >= 0.3 is 0 Å². The Morgan fingerprint density at radius 2 is 1.87 bits per heavy atom. The number of rotatable bonds is 7. The van der Waals surface area contributed by atoms with Gasteiger partial charge in [0.05, 0.1) is 0 Å². The average molecular weight is 246 g/mol. The van der Waals surface area contributed by atoms with Gasteiger partial charge in [0.2, 0.25) is 0 Å². The van der Waals surface area contributed by atoms with E-state index in [1.807, 2.05) is 0 Å². The Labute approximate surface area is 104 Å². The Morgan fingerprint density at radius 1 is 1.13 bits per heavy atom. The van der Waals surface area contributed by atoms with Crippen LogP contribution in [0.15, 0.2) is 0 Å². The van der Waals surface area contributed by atoms with Crippen LogP contribution in [-0.4, -0.2) is 11.0 Å². The fourth-order valence-electron chi connectivity index (χ4n) is 2.25. The maximum absolute atomic E-state index is 2.44. The lowest BCUT2D eigenvalue weighted by molar-refractivity contribution is 0.357. The van der Waals surface area contributed by atoms with Crippen LogP contribution in [0.2, 0.25) is 0 Å². The van der Waals surface area contributed by atoms with Crippen molar-refractivity contribution in [2.24, 2.45) is 5.92 Å². The van der Waals surface area contributed by atoms with Crippen LogP contribution in [0, 0.1) is 5.92 Å². The monoisotopic (exact) mass is 246 g/mol. The zero-order valence-electron chi connectivity index (χ0n) is 10.3. The molecule has 1 atom stereocenters. The van der Waals surface area contributed by atoms with Crippen LogP contribution in [0.3, 0.4) is 0 Å². The Bertz CT molecular complexity index is 141. The van der Waals surface area contributed by atoms with Gasteiger partial charge in [0.1, 0.15) is 0 Å². The highest BCUT2D eigenvalue weighted by molar-refractivity contribution is 8.76. The first kappa shape index (κ1) is 13.8. The molecule has 0 amide bonds. The Hall–Kier alpha value is 0.700. The van der Waals surface area contributed by atoms with E-state index in [1.54, 1.807) is 0 Å². The maximum Gasteiger partial charge on any atom is 0.0151 e. The summed E-state index contributed by atoms with van der Waals surface area (Å²) < 4.78 is 0. The fraction of sp³-hybridized carbons (Fsp3) is 1.00. The van der Waals surface area contributed by atoms with Gasteiger partial charge in [0.15, 0.2) is 0 Å². The van der Waals surface area contributed by atoms with E-state index < -0.39 is 0 Å². The molecule has 0 bridgehead atoms. The summed E-state index contributed by atoms with van der Waals surface area (Å²) in [5, 5.41) is 0.886. The van der Waals surface area contributed by atoms with E-state index in [4.69, 9.17) is 0 Å². The predicted molar refractivity (Wildman–Crippen MR) is 75.6 cm³/mol. The van der Waals surface area contributed by atoms with Crippen molar-refractivity contribution in [1.82, 2.24) is 0 Å². The molecular formula is C13H26S2. The molecule has 1 aliphatic carbocycles. The van der Waals surface area contributed by atoms with Crippen molar-refractivity contribution in [3.63, 3.8) is 0 Å². The molecule has 0 radical (unpaired) electrons. The minimum atomic E-state index is 0.886. The van der Waals surface area contributed by atoms with Crippen molar-refractivity contribution in [2.45, 2.75) is 70.5 Å². The van der Waals surface area contributed by atoms with Gasteiger partial charge in [-0.25, -0.2) is 0 Å². The molecule has 90 valence electrons. The number of hydrogen-bond donors (Lipinski definition) is 0. The van der Waals surface area contributed by atoms with Crippen LogP contribution in [0.25, 0.3) is 0 Å². The summed E-state index contributed by atoms with van der Waals surface area (Å²) in [6.45, 7) is 4.72. The van der Waals surface area contributed by atoms with Crippen molar-refractivity contribution < 1.29 is 0 Å². The summed E-state index contributed by atoms with van der Waals surface area (Å²) in [6.07, 6.45) is 11.6. The average Bonchev–Trinajstić information content (AvgIpc) is 2.30. The smallest absolute Gasteiger partial charge is 0.0151 e. The molecule has 1 aliphatic rings. The highest BCUT2D eigenvalue weighted by Gasteiger charge is 2.20. The van der Waals surface area contributed by atoms with Crippen molar-refractivity contribution in [3.8, 4) is 0 Å². The second kappa shape index (κ2) is 8.81. The van der Waals surface area contributed by atoms with E-state index in [0.717, 1.165) is 11.2 Å². The number of hydrogen-bond acceptors (Lipinski definition) is 2. The number of unbranched alkanes of at least 4 members (excludes halogenated alkanes) is 2. The molecule has 0 aromatic rings. The second-order valence-electron chi connectivity index (χ2n) is 4.73. The van der Waals surface area contributed by atoms with Crippen molar-refractivity contribution in [3.05, 3.63) is 0 Å². The molecule has 15 heavy (non-hydrogen) atoms. The molecule has 2 heteroatoms. The van der Waals surface area contributed by atoms with Gasteiger partial charge in [-0.1, -0.05) is 67.5 Å².